The van der Waals surface area contributed by atoms with Gasteiger partial charge in [-0.3, -0.25) is 24.6 Å². The molecule has 0 fully saturated rings. The molecule has 0 bridgehead atoms. The number of nitrogens with zero attached hydrogens (tertiary/aromatic N) is 1. The van der Waals surface area contributed by atoms with Gasteiger partial charge in [0.05, 0.1) is 24.2 Å². The van der Waals surface area contributed by atoms with E-state index in [4.69, 9.17) is 9.94 Å². The lowest BCUT2D eigenvalue weighted by Gasteiger charge is -2.21. The zero-order valence-electron chi connectivity index (χ0n) is 22.6. The molecular formula is C31H34N4O5. The minimum atomic E-state index is -0.791. The standard InChI is InChI=1S/C31H34N4O5/c1-20(23-14-13-21-15-16-25(40-2)19-24(21)18-23)30(37)34-27(10-4-3-5-12-28(36)35-39)31(38)33-26-11-6-8-22-9-7-17-32-29(22)26/h6-9,11,13-20,27,39H,3-5,10,12H2,1-2H3,(H,33,38)(H,34,37)(H,35,36)/t20-,27-/m0/s1. The number of methoxy groups -OCH3 is 1. The van der Waals surface area contributed by atoms with Crippen LogP contribution in [-0.4, -0.2) is 41.1 Å². The van der Waals surface area contributed by atoms with E-state index in [1.54, 1.807) is 24.9 Å². The molecule has 2 atom stereocenters. The van der Waals surface area contributed by atoms with E-state index in [1.807, 2.05) is 67.6 Å². The number of carbonyl (C=O) groups excluding carboxylic acids is 3. The second-order valence-electron chi connectivity index (χ2n) is 9.76. The molecule has 9 nitrogen and oxygen atoms in total. The van der Waals surface area contributed by atoms with Crippen molar-refractivity contribution in [2.24, 2.45) is 0 Å². The Morgan fingerprint density at radius 1 is 0.900 bits per heavy atom. The predicted molar refractivity (Wildman–Crippen MR) is 154 cm³/mol. The maximum absolute atomic E-state index is 13.4. The lowest BCUT2D eigenvalue weighted by atomic mass is 9.96. The van der Waals surface area contributed by atoms with E-state index >= 15 is 0 Å². The highest BCUT2D eigenvalue weighted by atomic mass is 16.5. The van der Waals surface area contributed by atoms with E-state index in [9.17, 15) is 14.4 Å². The number of benzene rings is 3. The van der Waals surface area contributed by atoms with Crippen LogP contribution in [-0.2, 0) is 14.4 Å². The quantitative estimate of drug-likeness (QED) is 0.112. The van der Waals surface area contributed by atoms with Gasteiger partial charge in [-0.15, -0.1) is 0 Å². The highest BCUT2D eigenvalue weighted by Crippen LogP contribution is 2.26. The number of ether oxygens (including phenoxy) is 1. The number of nitrogens with one attached hydrogen (secondary N) is 3. The topological polar surface area (TPSA) is 130 Å². The SMILES string of the molecule is COc1ccc2ccc([C@H](C)C(=O)N[C@@H](CCCCCC(=O)NO)C(=O)Nc3cccc4cccnc34)cc2c1. The van der Waals surface area contributed by atoms with Crippen LogP contribution in [0.3, 0.4) is 0 Å². The zero-order chi connectivity index (χ0) is 28.5. The fourth-order valence-corrected chi connectivity index (χ4v) is 4.65. The van der Waals surface area contributed by atoms with Crippen LogP contribution in [0.5, 0.6) is 5.75 Å². The molecule has 0 saturated carbocycles. The van der Waals surface area contributed by atoms with E-state index in [-0.39, 0.29) is 18.2 Å². The van der Waals surface area contributed by atoms with E-state index < -0.39 is 17.9 Å². The van der Waals surface area contributed by atoms with Gasteiger partial charge in [0.15, 0.2) is 0 Å². The van der Waals surface area contributed by atoms with Gasteiger partial charge in [-0.05, 0) is 60.4 Å². The molecule has 4 rings (SSSR count). The fraction of sp³-hybridized carbons (Fsp3) is 0.290. The van der Waals surface area contributed by atoms with Crippen LogP contribution in [0.15, 0.2) is 72.9 Å². The number of pyridine rings is 1. The summed E-state index contributed by atoms with van der Waals surface area (Å²) in [4.78, 5) is 42.5. The first-order chi connectivity index (χ1) is 19.4. The van der Waals surface area contributed by atoms with Gasteiger partial charge in [-0.25, -0.2) is 5.48 Å². The van der Waals surface area contributed by atoms with E-state index in [1.165, 1.54) is 0 Å². The van der Waals surface area contributed by atoms with Crippen LogP contribution in [0.2, 0.25) is 0 Å². The number of aromatic nitrogens is 1. The second kappa shape index (κ2) is 13.5. The molecule has 0 spiro atoms. The van der Waals surface area contributed by atoms with Gasteiger partial charge in [-0.2, -0.15) is 0 Å². The van der Waals surface area contributed by atoms with Crippen molar-refractivity contribution < 1.29 is 24.3 Å². The van der Waals surface area contributed by atoms with Crippen molar-refractivity contribution in [3.05, 3.63) is 78.5 Å². The highest BCUT2D eigenvalue weighted by molar-refractivity contribution is 6.03. The number of hydroxylamine groups is 1. The number of rotatable bonds is 12. The molecule has 9 heteroatoms. The van der Waals surface area contributed by atoms with Crippen molar-refractivity contribution in [2.45, 2.75) is 51.0 Å². The fourth-order valence-electron chi connectivity index (χ4n) is 4.65. The Morgan fingerprint density at radius 2 is 1.70 bits per heavy atom. The molecule has 1 aromatic heterocycles. The minimum absolute atomic E-state index is 0.186. The number of unbranched alkanes of at least 4 members (excludes halogenated alkanes) is 2. The van der Waals surface area contributed by atoms with Gasteiger partial charge < -0.3 is 15.4 Å². The molecule has 0 saturated heterocycles. The van der Waals surface area contributed by atoms with Gasteiger partial charge in [-0.1, -0.05) is 55.3 Å². The molecule has 0 aliphatic heterocycles. The monoisotopic (exact) mass is 542 g/mol. The highest BCUT2D eigenvalue weighted by Gasteiger charge is 2.25. The van der Waals surface area contributed by atoms with E-state index in [0.29, 0.717) is 36.9 Å². The summed E-state index contributed by atoms with van der Waals surface area (Å²) < 4.78 is 5.34. The van der Waals surface area contributed by atoms with E-state index in [0.717, 1.165) is 27.5 Å². The third-order valence-corrected chi connectivity index (χ3v) is 7.01. The van der Waals surface area contributed by atoms with Gasteiger partial charge >= 0.3 is 0 Å². The Morgan fingerprint density at radius 3 is 2.50 bits per heavy atom. The Kier molecular flexibility index (Phi) is 9.64. The largest absolute Gasteiger partial charge is 0.497 e. The van der Waals surface area contributed by atoms with Crippen molar-refractivity contribution in [3.63, 3.8) is 0 Å². The predicted octanol–water partition coefficient (Wildman–Crippen LogP) is 5.08. The molecule has 3 amide bonds. The summed E-state index contributed by atoms with van der Waals surface area (Å²) in [6.07, 6.45) is 4.06. The number of hydrogen-bond acceptors (Lipinski definition) is 6. The summed E-state index contributed by atoms with van der Waals surface area (Å²) in [5.74, 6) is -0.822. The molecule has 3 aromatic carbocycles. The number of carbonyl (C=O) groups is 3. The number of fused-ring (bicyclic) bond motifs is 2. The average molecular weight is 543 g/mol. The van der Waals surface area contributed by atoms with Gasteiger partial charge in [0.25, 0.3) is 0 Å². The summed E-state index contributed by atoms with van der Waals surface area (Å²) in [7, 11) is 1.61. The van der Waals surface area contributed by atoms with Crippen molar-refractivity contribution in [1.29, 1.82) is 0 Å². The summed E-state index contributed by atoms with van der Waals surface area (Å²) in [5, 5.41) is 17.5. The molecule has 0 radical (unpaired) electrons. The molecule has 4 N–H and O–H groups in total. The number of anilines is 1. The van der Waals surface area contributed by atoms with Gasteiger partial charge in [0.1, 0.15) is 11.8 Å². The Balaban J connectivity index is 1.49. The molecule has 0 aliphatic carbocycles. The number of amides is 3. The molecule has 0 aliphatic rings. The minimum Gasteiger partial charge on any atom is -0.497 e. The second-order valence-corrected chi connectivity index (χ2v) is 9.76. The Labute approximate surface area is 232 Å². The van der Waals surface area contributed by atoms with Crippen LogP contribution < -0.4 is 20.9 Å². The molecular weight excluding hydrogens is 508 g/mol. The Hall–Kier alpha value is -4.50. The van der Waals surface area contributed by atoms with Crippen LogP contribution in [0.1, 0.15) is 50.5 Å². The normalized spacial score (nSPS) is 12.5. The average Bonchev–Trinajstić information content (AvgIpc) is 2.99. The lowest BCUT2D eigenvalue weighted by molar-refractivity contribution is -0.129. The summed E-state index contributed by atoms with van der Waals surface area (Å²) in [6, 6.07) is 20.1. The van der Waals surface area contributed by atoms with Crippen molar-refractivity contribution >= 4 is 45.1 Å². The van der Waals surface area contributed by atoms with Crippen molar-refractivity contribution in [1.82, 2.24) is 15.8 Å². The van der Waals surface area contributed by atoms with Crippen molar-refractivity contribution in [3.8, 4) is 5.75 Å². The molecule has 1 heterocycles. The van der Waals surface area contributed by atoms with Crippen LogP contribution in [0.4, 0.5) is 5.69 Å². The molecule has 4 aromatic rings. The van der Waals surface area contributed by atoms with Crippen LogP contribution in [0, 0.1) is 0 Å². The van der Waals surface area contributed by atoms with Crippen molar-refractivity contribution in [2.75, 3.05) is 12.4 Å². The maximum Gasteiger partial charge on any atom is 0.247 e. The first-order valence-corrected chi connectivity index (χ1v) is 13.3. The lowest BCUT2D eigenvalue weighted by Crippen LogP contribution is -2.45. The van der Waals surface area contributed by atoms with Crippen LogP contribution >= 0.6 is 0 Å². The first kappa shape index (κ1) is 28.5. The summed E-state index contributed by atoms with van der Waals surface area (Å²) >= 11 is 0. The Bertz CT molecular complexity index is 1500. The molecule has 208 valence electrons. The number of hydrogen-bond donors (Lipinski definition) is 4. The molecule has 0 unspecified atom stereocenters. The van der Waals surface area contributed by atoms with Crippen LogP contribution in [0.25, 0.3) is 21.7 Å². The molecule has 40 heavy (non-hydrogen) atoms. The smallest absolute Gasteiger partial charge is 0.247 e. The zero-order valence-corrected chi connectivity index (χ0v) is 22.6. The number of para-hydroxylation sites is 1. The van der Waals surface area contributed by atoms with Gasteiger partial charge in [0, 0.05) is 18.0 Å². The third-order valence-electron chi connectivity index (χ3n) is 7.01. The maximum atomic E-state index is 13.4. The first-order valence-electron chi connectivity index (χ1n) is 13.3. The van der Waals surface area contributed by atoms with Gasteiger partial charge in [0.2, 0.25) is 17.7 Å². The van der Waals surface area contributed by atoms with E-state index in [2.05, 4.69) is 15.6 Å². The summed E-state index contributed by atoms with van der Waals surface area (Å²) in [6.45, 7) is 1.81. The third kappa shape index (κ3) is 7.12. The summed E-state index contributed by atoms with van der Waals surface area (Å²) in [5.41, 5.74) is 3.68.